The van der Waals surface area contributed by atoms with Crippen LogP contribution in [0.4, 0.5) is 0 Å². The molecule has 0 spiro atoms. The van der Waals surface area contributed by atoms with Gasteiger partial charge in [0.2, 0.25) is 5.91 Å². The second-order valence-electron chi connectivity index (χ2n) is 5.44. The van der Waals surface area contributed by atoms with Crippen LogP contribution in [-0.2, 0) is 17.9 Å². The normalized spacial score (nSPS) is 10.7. The minimum absolute atomic E-state index is 0.0666. The summed E-state index contributed by atoms with van der Waals surface area (Å²) in [5.74, 6) is 2.29. The number of methoxy groups -OCH3 is 1. The molecule has 2 aromatic heterocycles. The minimum Gasteiger partial charge on any atom is -0.497 e. The number of benzene rings is 1. The first-order valence-corrected chi connectivity index (χ1v) is 9.19. The average molecular weight is 372 g/mol. The van der Waals surface area contributed by atoms with E-state index in [1.165, 1.54) is 11.8 Å². The highest BCUT2D eigenvalue weighted by molar-refractivity contribution is 7.99. The second kappa shape index (κ2) is 8.57. The Hall–Kier alpha value is -2.74. The Labute approximate surface area is 155 Å². The van der Waals surface area contributed by atoms with E-state index >= 15 is 0 Å². The van der Waals surface area contributed by atoms with Crippen molar-refractivity contribution in [3.63, 3.8) is 0 Å². The summed E-state index contributed by atoms with van der Waals surface area (Å²) in [5.41, 5.74) is 0.986. The van der Waals surface area contributed by atoms with E-state index in [0.29, 0.717) is 29.8 Å². The molecule has 0 radical (unpaired) electrons. The lowest BCUT2D eigenvalue weighted by molar-refractivity contribution is -0.118. The van der Waals surface area contributed by atoms with Gasteiger partial charge >= 0.3 is 0 Å². The van der Waals surface area contributed by atoms with Crippen molar-refractivity contribution in [2.45, 2.75) is 25.2 Å². The summed E-state index contributed by atoms with van der Waals surface area (Å²) in [6.45, 7) is 3.15. The summed E-state index contributed by atoms with van der Waals surface area (Å²) in [5, 5.41) is 11.9. The fourth-order valence-corrected chi connectivity index (χ4v) is 3.27. The molecule has 0 unspecified atom stereocenters. The zero-order valence-electron chi connectivity index (χ0n) is 14.6. The Kier molecular flexibility index (Phi) is 5.96. The number of hydrogen-bond donors (Lipinski definition) is 1. The molecular weight excluding hydrogens is 352 g/mol. The van der Waals surface area contributed by atoms with Gasteiger partial charge in [0, 0.05) is 13.1 Å². The van der Waals surface area contributed by atoms with Crippen LogP contribution < -0.4 is 10.1 Å². The lowest BCUT2D eigenvalue weighted by Gasteiger charge is -2.08. The van der Waals surface area contributed by atoms with Gasteiger partial charge in [0.1, 0.15) is 5.75 Å². The summed E-state index contributed by atoms with van der Waals surface area (Å²) < 4.78 is 12.5. The van der Waals surface area contributed by atoms with Crippen LogP contribution >= 0.6 is 11.8 Å². The average Bonchev–Trinajstić information content (AvgIpc) is 3.33. The van der Waals surface area contributed by atoms with Crippen LogP contribution in [-0.4, -0.2) is 33.5 Å². The smallest absolute Gasteiger partial charge is 0.230 e. The number of carbonyl (C=O) groups is 1. The van der Waals surface area contributed by atoms with Crippen LogP contribution in [0, 0.1) is 0 Å². The quantitative estimate of drug-likeness (QED) is 0.612. The number of amides is 1. The predicted molar refractivity (Wildman–Crippen MR) is 99.0 cm³/mol. The molecule has 3 rings (SSSR count). The molecule has 8 heteroatoms. The van der Waals surface area contributed by atoms with Crippen molar-refractivity contribution in [1.29, 1.82) is 0 Å². The van der Waals surface area contributed by atoms with Gasteiger partial charge in [-0.1, -0.05) is 23.9 Å². The first-order chi connectivity index (χ1) is 12.7. The van der Waals surface area contributed by atoms with Crippen LogP contribution in [0.2, 0.25) is 0 Å². The first-order valence-electron chi connectivity index (χ1n) is 8.20. The summed E-state index contributed by atoms with van der Waals surface area (Å²) in [6.07, 6.45) is 1.60. The molecule has 0 bridgehead atoms. The third kappa shape index (κ3) is 4.26. The number of furan rings is 1. The molecular formula is C18H20N4O3S. The zero-order valence-corrected chi connectivity index (χ0v) is 15.5. The van der Waals surface area contributed by atoms with Gasteiger partial charge in [-0.2, -0.15) is 0 Å². The van der Waals surface area contributed by atoms with Crippen molar-refractivity contribution >= 4 is 17.7 Å². The van der Waals surface area contributed by atoms with E-state index in [1.807, 2.05) is 47.9 Å². The number of hydrogen-bond acceptors (Lipinski definition) is 6. The standard InChI is InChI=1S/C18H20N4O3S/c1-3-22-17(15-8-5-9-25-15)20-21-18(22)26-12-16(23)19-11-13-6-4-7-14(10-13)24-2/h4-10H,3,11-12H2,1-2H3,(H,19,23). The van der Waals surface area contributed by atoms with Crippen molar-refractivity contribution in [3.05, 3.63) is 48.2 Å². The van der Waals surface area contributed by atoms with Gasteiger partial charge in [-0.3, -0.25) is 9.36 Å². The predicted octanol–water partition coefficient (Wildman–Crippen LogP) is 2.98. The fraction of sp³-hybridized carbons (Fsp3) is 0.278. The Bertz CT molecular complexity index is 861. The summed E-state index contributed by atoms with van der Waals surface area (Å²) in [6, 6.07) is 11.3. The number of ether oxygens (including phenoxy) is 1. The lowest BCUT2D eigenvalue weighted by atomic mass is 10.2. The second-order valence-corrected chi connectivity index (χ2v) is 6.39. The van der Waals surface area contributed by atoms with Crippen molar-refractivity contribution in [1.82, 2.24) is 20.1 Å². The van der Waals surface area contributed by atoms with Crippen molar-refractivity contribution < 1.29 is 13.9 Å². The Morgan fingerprint density at radius 1 is 1.31 bits per heavy atom. The molecule has 3 aromatic rings. The number of aromatic nitrogens is 3. The van der Waals surface area contributed by atoms with E-state index in [-0.39, 0.29) is 11.7 Å². The molecule has 1 N–H and O–H groups in total. The van der Waals surface area contributed by atoms with E-state index in [4.69, 9.17) is 9.15 Å². The Morgan fingerprint density at radius 2 is 2.19 bits per heavy atom. The molecule has 0 fully saturated rings. The maximum atomic E-state index is 12.1. The van der Waals surface area contributed by atoms with Crippen molar-refractivity contribution in [2.75, 3.05) is 12.9 Å². The van der Waals surface area contributed by atoms with Gasteiger partial charge in [0.25, 0.3) is 0 Å². The van der Waals surface area contributed by atoms with Gasteiger partial charge < -0.3 is 14.5 Å². The highest BCUT2D eigenvalue weighted by Gasteiger charge is 2.16. The zero-order chi connectivity index (χ0) is 18.4. The number of thioether (sulfide) groups is 1. The van der Waals surface area contributed by atoms with E-state index in [2.05, 4.69) is 15.5 Å². The fourth-order valence-electron chi connectivity index (χ4n) is 2.43. The van der Waals surface area contributed by atoms with Crippen LogP contribution in [0.3, 0.4) is 0 Å². The molecule has 2 heterocycles. The van der Waals surface area contributed by atoms with Gasteiger partial charge in [0.15, 0.2) is 16.7 Å². The van der Waals surface area contributed by atoms with Crippen LogP contribution in [0.25, 0.3) is 11.6 Å². The topological polar surface area (TPSA) is 82.2 Å². The summed E-state index contributed by atoms with van der Waals surface area (Å²) in [7, 11) is 1.62. The highest BCUT2D eigenvalue weighted by Crippen LogP contribution is 2.24. The molecule has 0 aliphatic carbocycles. The van der Waals surface area contributed by atoms with E-state index in [1.54, 1.807) is 13.4 Å². The Morgan fingerprint density at radius 3 is 2.92 bits per heavy atom. The van der Waals surface area contributed by atoms with Crippen molar-refractivity contribution in [2.24, 2.45) is 0 Å². The van der Waals surface area contributed by atoms with E-state index < -0.39 is 0 Å². The molecule has 1 amide bonds. The number of carbonyl (C=O) groups excluding carboxylic acids is 1. The van der Waals surface area contributed by atoms with Gasteiger partial charge in [-0.25, -0.2) is 0 Å². The SMILES string of the molecule is CCn1c(SCC(=O)NCc2cccc(OC)c2)nnc1-c1ccco1. The van der Waals surface area contributed by atoms with Crippen LogP contribution in [0.15, 0.2) is 52.2 Å². The maximum Gasteiger partial charge on any atom is 0.230 e. The molecule has 7 nitrogen and oxygen atoms in total. The third-order valence-electron chi connectivity index (χ3n) is 3.73. The Balaban J connectivity index is 1.56. The molecule has 136 valence electrons. The molecule has 0 saturated heterocycles. The monoisotopic (exact) mass is 372 g/mol. The van der Waals surface area contributed by atoms with Gasteiger partial charge in [-0.15, -0.1) is 10.2 Å². The van der Waals surface area contributed by atoms with E-state index in [9.17, 15) is 4.79 Å². The molecule has 0 aliphatic heterocycles. The minimum atomic E-state index is -0.0666. The van der Waals surface area contributed by atoms with E-state index in [0.717, 1.165) is 11.3 Å². The molecule has 1 aromatic carbocycles. The summed E-state index contributed by atoms with van der Waals surface area (Å²) >= 11 is 1.35. The lowest BCUT2D eigenvalue weighted by Crippen LogP contribution is -2.24. The van der Waals surface area contributed by atoms with Crippen LogP contribution in [0.5, 0.6) is 5.75 Å². The third-order valence-corrected chi connectivity index (χ3v) is 4.70. The maximum absolute atomic E-state index is 12.1. The number of nitrogens with one attached hydrogen (secondary N) is 1. The molecule has 26 heavy (non-hydrogen) atoms. The van der Waals surface area contributed by atoms with Gasteiger partial charge in [0.05, 0.1) is 19.1 Å². The molecule has 0 aliphatic rings. The first kappa shape index (κ1) is 18.1. The number of nitrogens with zero attached hydrogens (tertiary/aromatic N) is 3. The molecule has 0 atom stereocenters. The largest absolute Gasteiger partial charge is 0.497 e. The van der Waals surface area contributed by atoms with Gasteiger partial charge in [-0.05, 0) is 36.8 Å². The summed E-state index contributed by atoms with van der Waals surface area (Å²) in [4.78, 5) is 12.1. The van der Waals surface area contributed by atoms with Crippen LogP contribution in [0.1, 0.15) is 12.5 Å². The highest BCUT2D eigenvalue weighted by atomic mass is 32.2. The van der Waals surface area contributed by atoms with Crippen molar-refractivity contribution in [3.8, 4) is 17.3 Å². The number of rotatable bonds is 8. The molecule has 0 saturated carbocycles.